The Morgan fingerprint density at radius 1 is 0.867 bits per heavy atom. The molecule has 5 nitrogen and oxygen atoms in total. The van der Waals surface area contributed by atoms with Gasteiger partial charge in [0.25, 0.3) is 0 Å². The summed E-state index contributed by atoms with van der Waals surface area (Å²) in [6.45, 7) is 3.43. The number of aliphatic carboxylic acids is 1. The van der Waals surface area contributed by atoms with E-state index in [1.807, 2.05) is 48.5 Å². The summed E-state index contributed by atoms with van der Waals surface area (Å²) < 4.78 is -1.80. The van der Waals surface area contributed by atoms with Gasteiger partial charge in [-0.3, -0.25) is 14.5 Å². The first-order valence-electron chi connectivity index (χ1n) is 9.84. The Balaban J connectivity index is 1.82. The predicted octanol–water partition coefficient (Wildman–Crippen LogP) is 4.00. The molecule has 154 valence electrons. The van der Waals surface area contributed by atoms with Gasteiger partial charge >= 0.3 is 5.97 Å². The third-order valence-electron chi connectivity index (χ3n) is 6.78. The highest BCUT2D eigenvalue weighted by molar-refractivity contribution is 9.10. The number of benzene rings is 2. The van der Waals surface area contributed by atoms with E-state index in [9.17, 15) is 19.5 Å². The van der Waals surface area contributed by atoms with Crippen molar-refractivity contribution in [3.63, 3.8) is 0 Å². The van der Waals surface area contributed by atoms with E-state index in [-0.39, 0.29) is 0 Å². The van der Waals surface area contributed by atoms with Crippen molar-refractivity contribution in [2.75, 3.05) is 0 Å². The van der Waals surface area contributed by atoms with E-state index in [0.717, 1.165) is 27.2 Å². The average Bonchev–Trinajstić information content (AvgIpc) is 2.98. The number of carboxylic acids is 1. The number of alkyl halides is 2. The first-order chi connectivity index (χ1) is 14.2. The fourth-order valence-corrected chi connectivity index (χ4v) is 7.96. The highest BCUT2D eigenvalue weighted by Crippen LogP contribution is 2.70. The molecule has 0 radical (unpaired) electrons. The molecule has 6 rings (SSSR count). The van der Waals surface area contributed by atoms with Gasteiger partial charge in [0.2, 0.25) is 11.8 Å². The molecule has 4 aliphatic rings. The molecule has 7 heteroatoms. The maximum atomic E-state index is 13.7. The number of carbonyl (C=O) groups excluding carboxylic acids is 2. The molecule has 3 atom stereocenters. The van der Waals surface area contributed by atoms with E-state index < -0.39 is 50.2 Å². The minimum absolute atomic E-state index is 0.407. The minimum Gasteiger partial charge on any atom is -0.480 e. The van der Waals surface area contributed by atoms with Gasteiger partial charge in [-0.2, -0.15) is 0 Å². The molecular formula is C23H19Br2NO4. The summed E-state index contributed by atoms with van der Waals surface area (Å²) in [5.41, 5.74) is 3.73. The SMILES string of the molecule is CC(C)C(C(=O)O)N1C(=O)C2C(C1=O)C1(Br)c3ccccc3C2(Br)c2ccccc21. The van der Waals surface area contributed by atoms with E-state index in [4.69, 9.17) is 0 Å². The number of amides is 2. The fourth-order valence-electron chi connectivity index (χ4n) is 5.66. The van der Waals surface area contributed by atoms with Crippen LogP contribution in [0.5, 0.6) is 0 Å². The standard InChI is InChI=1S/C23H19Br2NO4/c1-11(2)18(21(29)30)26-19(27)16-17(20(26)28)23(25)13-8-4-3-7-12(13)22(16,24)14-9-5-6-10-15(14)23/h3-11,16-18H,1-2H3,(H,29,30). The molecule has 1 fully saturated rings. The second-order valence-corrected chi connectivity index (χ2v) is 11.0. The minimum atomic E-state index is -1.20. The number of hydrogen-bond donors (Lipinski definition) is 1. The molecule has 0 spiro atoms. The molecule has 1 heterocycles. The van der Waals surface area contributed by atoms with Gasteiger partial charge < -0.3 is 5.11 Å². The molecule has 0 saturated carbocycles. The summed E-state index contributed by atoms with van der Waals surface area (Å²) in [6, 6.07) is 14.4. The van der Waals surface area contributed by atoms with Crippen LogP contribution in [0.4, 0.5) is 0 Å². The van der Waals surface area contributed by atoms with Gasteiger partial charge in [0.1, 0.15) is 6.04 Å². The van der Waals surface area contributed by atoms with Crippen LogP contribution in [0.3, 0.4) is 0 Å². The van der Waals surface area contributed by atoms with E-state index >= 15 is 0 Å². The molecule has 2 aromatic rings. The lowest BCUT2D eigenvalue weighted by atomic mass is 9.54. The second-order valence-electron chi connectivity index (χ2n) is 8.54. The van der Waals surface area contributed by atoms with Crippen molar-refractivity contribution in [1.82, 2.24) is 4.90 Å². The number of likely N-dealkylation sites (tertiary alicyclic amines) is 1. The van der Waals surface area contributed by atoms with Gasteiger partial charge in [0.05, 0.1) is 20.5 Å². The summed E-state index contributed by atoms with van der Waals surface area (Å²) in [5.74, 6) is -3.92. The molecule has 2 amide bonds. The van der Waals surface area contributed by atoms with Crippen LogP contribution < -0.4 is 0 Å². The number of carbonyl (C=O) groups is 3. The highest BCUT2D eigenvalue weighted by atomic mass is 79.9. The molecule has 3 aliphatic carbocycles. The molecule has 3 unspecified atom stereocenters. The third-order valence-corrected chi connectivity index (χ3v) is 9.48. The Kier molecular flexibility index (Phi) is 4.16. The lowest BCUT2D eigenvalue weighted by Crippen LogP contribution is -2.56. The average molecular weight is 533 g/mol. The van der Waals surface area contributed by atoms with E-state index in [1.54, 1.807) is 13.8 Å². The molecule has 30 heavy (non-hydrogen) atoms. The van der Waals surface area contributed by atoms with E-state index in [2.05, 4.69) is 31.9 Å². The Morgan fingerprint density at radius 3 is 1.47 bits per heavy atom. The Morgan fingerprint density at radius 2 is 1.20 bits per heavy atom. The number of rotatable bonds is 3. The maximum Gasteiger partial charge on any atom is 0.327 e. The van der Waals surface area contributed by atoms with Crippen molar-refractivity contribution < 1.29 is 19.5 Å². The normalized spacial score (nSPS) is 32.1. The summed E-state index contributed by atoms with van der Waals surface area (Å²) >= 11 is 7.82. The fraction of sp³-hybridized carbons (Fsp3) is 0.348. The zero-order valence-electron chi connectivity index (χ0n) is 16.3. The monoisotopic (exact) mass is 531 g/mol. The summed E-state index contributed by atoms with van der Waals surface area (Å²) in [5, 5.41) is 9.83. The zero-order chi connectivity index (χ0) is 21.6. The van der Waals surface area contributed by atoms with Crippen molar-refractivity contribution in [1.29, 1.82) is 0 Å². The smallest absolute Gasteiger partial charge is 0.327 e. The number of imide groups is 1. The van der Waals surface area contributed by atoms with Crippen LogP contribution in [0.15, 0.2) is 48.5 Å². The molecule has 0 aromatic heterocycles. The van der Waals surface area contributed by atoms with Gasteiger partial charge in [0, 0.05) is 0 Å². The Hall–Kier alpha value is -1.99. The van der Waals surface area contributed by atoms with Gasteiger partial charge in [-0.25, -0.2) is 4.79 Å². The highest BCUT2D eigenvalue weighted by Gasteiger charge is 2.73. The van der Waals surface area contributed by atoms with E-state index in [0.29, 0.717) is 0 Å². The van der Waals surface area contributed by atoms with Gasteiger partial charge in [-0.15, -0.1) is 0 Å². The molecule has 2 aromatic carbocycles. The second kappa shape index (κ2) is 6.26. The molecular weight excluding hydrogens is 514 g/mol. The van der Waals surface area contributed by atoms with Crippen LogP contribution in [0, 0.1) is 17.8 Å². The number of hydrogen-bond acceptors (Lipinski definition) is 3. The Bertz CT molecular complexity index is 1010. The summed E-state index contributed by atoms with van der Waals surface area (Å²) in [4.78, 5) is 40.5. The number of carboxylic acid groups (broad SMARTS) is 1. The maximum absolute atomic E-state index is 13.7. The van der Waals surface area contributed by atoms with Gasteiger partial charge in [0.15, 0.2) is 0 Å². The van der Waals surface area contributed by atoms with Crippen molar-refractivity contribution in [2.24, 2.45) is 17.8 Å². The molecule has 2 bridgehead atoms. The van der Waals surface area contributed by atoms with Gasteiger partial charge in [-0.05, 0) is 28.2 Å². The number of halogens is 2. The summed E-state index contributed by atoms with van der Waals surface area (Å²) in [6.07, 6.45) is 0. The first-order valence-corrected chi connectivity index (χ1v) is 11.4. The van der Waals surface area contributed by atoms with Crippen molar-refractivity contribution in [3.8, 4) is 0 Å². The molecule has 1 saturated heterocycles. The van der Waals surface area contributed by atoms with Gasteiger partial charge in [-0.1, -0.05) is 94.2 Å². The van der Waals surface area contributed by atoms with Crippen LogP contribution in [0.25, 0.3) is 0 Å². The zero-order valence-corrected chi connectivity index (χ0v) is 19.5. The van der Waals surface area contributed by atoms with Crippen molar-refractivity contribution in [3.05, 3.63) is 70.8 Å². The lowest BCUT2D eigenvalue weighted by Gasteiger charge is -2.55. The van der Waals surface area contributed by atoms with Crippen LogP contribution in [0.2, 0.25) is 0 Å². The summed E-state index contributed by atoms with van der Waals surface area (Å²) in [7, 11) is 0. The quantitative estimate of drug-likeness (QED) is 0.479. The largest absolute Gasteiger partial charge is 0.480 e. The lowest BCUT2D eigenvalue weighted by molar-refractivity contribution is -0.157. The van der Waals surface area contributed by atoms with Crippen molar-refractivity contribution >= 4 is 49.6 Å². The van der Waals surface area contributed by atoms with Crippen LogP contribution in [-0.4, -0.2) is 33.8 Å². The molecule has 1 N–H and O–H groups in total. The predicted molar refractivity (Wildman–Crippen MR) is 117 cm³/mol. The Labute approximate surface area is 190 Å². The van der Waals surface area contributed by atoms with E-state index in [1.165, 1.54) is 0 Å². The topological polar surface area (TPSA) is 74.7 Å². The third kappa shape index (κ3) is 2.10. The van der Waals surface area contributed by atoms with Crippen LogP contribution in [-0.2, 0) is 23.0 Å². The molecule has 1 aliphatic heterocycles. The first kappa shape index (κ1) is 19.9. The van der Waals surface area contributed by atoms with Crippen LogP contribution in [0.1, 0.15) is 36.1 Å². The van der Waals surface area contributed by atoms with Crippen molar-refractivity contribution in [2.45, 2.75) is 28.5 Å². The van der Waals surface area contributed by atoms with Crippen LogP contribution >= 0.6 is 31.9 Å². The number of nitrogens with zero attached hydrogens (tertiary/aromatic N) is 1.